The van der Waals surface area contributed by atoms with Crippen molar-refractivity contribution in [2.45, 2.75) is 103 Å². The fourth-order valence-corrected chi connectivity index (χ4v) is 3.02. The molecule has 0 fully saturated rings. The minimum Gasteiger partial charge on any atom is -0.394 e. The molecule has 0 aromatic rings. The third-order valence-electron chi connectivity index (χ3n) is 4.61. The molecule has 0 aromatic heterocycles. The molecular formula is C22H43NO3. The van der Waals surface area contributed by atoms with E-state index in [2.05, 4.69) is 12.2 Å². The lowest BCUT2D eigenvalue weighted by Gasteiger charge is -2.03. The molecule has 4 heteroatoms. The van der Waals surface area contributed by atoms with Gasteiger partial charge >= 0.3 is 0 Å². The zero-order chi connectivity index (χ0) is 19.1. The van der Waals surface area contributed by atoms with Gasteiger partial charge in [-0.3, -0.25) is 4.79 Å². The number of hydrogen-bond acceptors (Lipinski definition) is 3. The highest BCUT2D eigenvalue weighted by atomic mass is 16.5. The van der Waals surface area contributed by atoms with Gasteiger partial charge in [0, 0.05) is 13.0 Å². The third kappa shape index (κ3) is 23.1. The first kappa shape index (κ1) is 25.1. The van der Waals surface area contributed by atoms with Crippen molar-refractivity contribution in [3.63, 3.8) is 0 Å². The van der Waals surface area contributed by atoms with Crippen LogP contribution in [0, 0.1) is 0 Å². The van der Waals surface area contributed by atoms with Gasteiger partial charge in [-0.05, 0) is 38.5 Å². The van der Waals surface area contributed by atoms with Crippen LogP contribution in [0.4, 0.5) is 0 Å². The van der Waals surface area contributed by atoms with Crippen LogP contribution < -0.4 is 5.73 Å². The molecule has 0 aromatic carbocycles. The lowest BCUT2D eigenvalue weighted by Crippen LogP contribution is -2.09. The monoisotopic (exact) mass is 369 g/mol. The number of hydrogen-bond donors (Lipinski definition) is 2. The van der Waals surface area contributed by atoms with Gasteiger partial charge in [0.05, 0.1) is 13.2 Å². The van der Waals surface area contributed by atoms with Crippen molar-refractivity contribution in [1.29, 1.82) is 0 Å². The average Bonchev–Trinajstić information content (AvgIpc) is 2.62. The maximum Gasteiger partial charge on any atom is 0.217 e. The molecule has 1 amide bonds. The molecule has 0 saturated heterocycles. The molecule has 0 aliphatic heterocycles. The number of primary amides is 1. The molecule has 0 rings (SSSR count). The third-order valence-corrected chi connectivity index (χ3v) is 4.61. The number of carbonyl (C=O) groups excluding carboxylic acids is 1. The van der Waals surface area contributed by atoms with Gasteiger partial charge in [-0.25, -0.2) is 0 Å². The highest BCUT2D eigenvalue weighted by Crippen LogP contribution is 2.11. The number of allylic oxidation sites excluding steroid dienone is 2. The van der Waals surface area contributed by atoms with Crippen LogP contribution in [0.25, 0.3) is 0 Å². The van der Waals surface area contributed by atoms with E-state index in [4.69, 9.17) is 15.6 Å². The van der Waals surface area contributed by atoms with Gasteiger partial charge in [0.25, 0.3) is 0 Å². The summed E-state index contributed by atoms with van der Waals surface area (Å²) >= 11 is 0. The van der Waals surface area contributed by atoms with Gasteiger partial charge < -0.3 is 15.6 Å². The summed E-state index contributed by atoms with van der Waals surface area (Å²) in [5.74, 6) is -0.173. The average molecular weight is 370 g/mol. The van der Waals surface area contributed by atoms with E-state index >= 15 is 0 Å². The van der Waals surface area contributed by atoms with Crippen LogP contribution >= 0.6 is 0 Å². The Hall–Kier alpha value is -0.870. The van der Waals surface area contributed by atoms with Crippen molar-refractivity contribution in [2.24, 2.45) is 5.73 Å². The van der Waals surface area contributed by atoms with E-state index in [1.807, 2.05) is 0 Å². The molecule has 0 unspecified atom stereocenters. The fraction of sp³-hybridized carbons (Fsp3) is 0.864. The Kier molecular flexibility index (Phi) is 21.4. The number of carbonyl (C=O) groups is 1. The summed E-state index contributed by atoms with van der Waals surface area (Å²) in [6.07, 6.45) is 23.9. The second-order valence-corrected chi connectivity index (χ2v) is 7.20. The van der Waals surface area contributed by atoms with Crippen molar-refractivity contribution < 1.29 is 14.6 Å². The van der Waals surface area contributed by atoms with Crippen LogP contribution in [-0.4, -0.2) is 30.8 Å². The molecule has 0 aliphatic rings. The number of ether oxygens (including phenoxy) is 1. The predicted molar refractivity (Wildman–Crippen MR) is 110 cm³/mol. The van der Waals surface area contributed by atoms with Crippen molar-refractivity contribution >= 4 is 5.91 Å². The summed E-state index contributed by atoms with van der Waals surface area (Å²) in [6.45, 7) is 1.41. The highest BCUT2D eigenvalue weighted by Gasteiger charge is 1.95. The quantitative estimate of drug-likeness (QED) is 0.214. The maximum atomic E-state index is 10.6. The Balaban J connectivity index is 3.07. The second kappa shape index (κ2) is 22.2. The van der Waals surface area contributed by atoms with Crippen molar-refractivity contribution in [3.05, 3.63) is 12.2 Å². The molecule has 0 atom stereocenters. The Morgan fingerprint density at radius 3 is 1.65 bits per heavy atom. The van der Waals surface area contributed by atoms with Gasteiger partial charge in [-0.15, -0.1) is 0 Å². The molecule has 0 spiro atoms. The van der Waals surface area contributed by atoms with E-state index in [0.29, 0.717) is 13.0 Å². The Morgan fingerprint density at radius 2 is 1.15 bits per heavy atom. The number of amides is 1. The van der Waals surface area contributed by atoms with E-state index in [-0.39, 0.29) is 12.5 Å². The zero-order valence-corrected chi connectivity index (χ0v) is 16.9. The van der Waals surface area contributed by atoms with E-state index < -0.39 is 0 Å². The summed E-state index contributed by atoms with van der Waals surface area (Å²) < 4.78 is 5.25. The highest BCUT2D eigenvalue weighted by molar-refractivity contribution is 5.73. The minimum absolute atomic E-state index is 0.134. The molecular weight excluding hydrogens is 326 g/mol. The van der Waals surface area contributed by atoms with Crippen molar-refractivity contribution in [2.75, 3.05) is 19.8 Å². The smallest absolute Gasteiger partial charge is 0.217 e. The number of aliphatic hydroxyl groups excluding tert-OH is 1. The molecule has 4 nitrogen and oxygen atoms in total. The molecule has 0 saturated carbocycles. The van der Waals surface area contributed by atoms with Crippen LogP contribution in [0.15, 0.2) is 12.2 Å². The topological polar surface area (TPSA) is 72.6 Å². The summed E-state index contributed by atoms with van der Waals surface area (Å²) in [7, 11) is 0. The van der Waals surface area contributed by atoms with Gasteiger partial charge in [0.15, 0.2) is 0 Å². The molecule has 154 valence electrons. The van der Waals surface area contributed by atoms with Gasteiger partial charge in [-0.1, -0.05) is 69.9 Å². The molecule has 26 heavy (non-hydrogen) atoms. The summed E-state index contributed by atoms with van der Waals surface area (Å²) in [6, 6.07) is 0. The lowest BCUT2D eigenvalue weighted by atomic mass is 10.1. The van der Waals surface area contributed by atoms with Gasteiger partial charge in [0.2, 0.25) is 5.91 Å². The lowest BCUT2D eigenvalue weighted by molar-refractivity contribution is -0.118. The Labute approximate surface area is 161 Å². The number of rotatable bonds is 21. The predicted octanol–water partition coefficient (Wildman–Crippen LogP) is 5.28. The zero-order valence-electron chi connectivity index (χ0n) is 16.9. The Morgan fingerprint density at radius 1 is 0.692 bits per heavy atom. The summed E-state index contributed by atoms with van der Waals surface area (Å²) in [5.41, 5.74) is 5.12. The first-order chi connectivity index (χ1) is 12.8. The molecule has 0 radical (unpaired) electrons. The summed E-state index contributed by atoms with van der Waals surface area (Å²) in [5, 5.41) is 8.59. The van der Waals surface area contributed by atoms with E-state index in [1.165, 1.54) is 77.0 Å². The fourth-order valence-electron chi connectivity index (χ4n) is 3.02. The van der Waals surface area contributed by atoms with Gasteiger partial charge in [-0.2, -0.15) is 0 Å². The molecule has 0 bridgehead atoms. The van der Waals surface area contributed by atoms with Crippen LogP contribution in [-0.2, 0) is 9.53 Å². The number of nitrogens with two attached hydrogens (primary N) is 1. The summed E-state index contributed by atoms with van der Waals surface area (Å²) in [4.78, 5) is 10.6. The first-order valence-corrected chi connectivity index (χ1v) is 10.9. The molecule has 0 aliphatic carbocycles. The van der Waals surface area contributed by atoms with Crippen LogP contribution in [0.2, 0.25) is 0 Å². The molecule has 0 heterocycles. The first-order valence-electron chi connectivity index (χ1n) is 10.9. The molecule has 3 N–H and O–H groups in total. The largest absolute Gasteiger partial charge is 0.394 e. The Bertz CT molecular complexity index is 319. The van der Waals surface area contributed by atoms with E-state index in [9.17, 15) is 4.79 Å². The normalized spacial score (nSPS) is 11.4. The SMILES string of the molecule is NC(=O)CCCCCCC/C=C\CCCCCCCCCCOCCO. The van der Waals surface area contributed by atoms with Crippen LogP contribution in [0.5, 0.6) is 0 Å². The van der Waals surface area contributed by atoms with Crippen LogP contribution in [0.1, 0.15) is 103 Å². The van der Waals surface area contributed by atoms with Crippen molar-refractivity contribution in [3.8, 4) is 0 Å². The van der Waals surface area contributed by atoms with Crippen LogP contribution in [0.3, 0.4) is 0 Å². The number of aliphatic hydroxyl groups is 1. The van der Waals surface area contributed by atoms with E-state index in [0.717, 1.165) is 25.9 Å². The number of unbranched alkanes of at least 4 members (excludes halogenated alkanes) is 13. The minimum atomic E-state index is -0.173. The van der Waals surface area contributed by atoms with Crippen molar-refractivity contribution in [1.82, 2.24) is 0 Å². The maximum absolute atomic E-state index is 10.6. The van der Waals surface area contributed by atoms with Gasteiger partial charge in [0.1, 0.15) is 0 Å². The van der Waals surface area contributed by atoms with E-state index in [1.54, 1.807) is 0 Å². The standard InChI is InChI=1S/C22H43NO3/c23-22(25)18-16-14-12-10-8-6-4-2-1-3-5-7-9-11-13-15-17-20-26-21-19-24/h2,4,24H,1,3,5-21H2,(H2,23,25)/b4-2-. The second-order valence-electron chi connectivity index (χ2n) is 7.20.